The summed E-state index contributed by atoms with van der Waals surface area (Å²) in [6.07, 6.45) is 13.7. The number of urea groups is 2. The molecule has 4 aromatic heterocycles. The molecular weight excluding hydrogens is 1310 g/mol. The molecule has 9 aromatic rings. The average Bonchev–Trinajstić information content (AvgIpc) is 1.65. The highest BCUT2D eigenvalue weighted by atomic mass is 32.1. The average molecular weight is 1430 g/mol. The van der Waals surface area contributed by atoms with Crippen molar-refractivity contribution in [2.75, 3.05) is 28.2 Å². The topological polar surface area (TPSA) is 201 Å². The fraction of sp³-hybridized carbons (Fsp3) is 0.398. The quantitative estimate of drug-likeness (QED) is 0.104. The van der Waals surface area contributed by atoms with E-state index in [1.54, 1.807) is 30.5 Å². The van der Waals surface area contributed by atoms with Crippen LogP contribution in [0.1, 0.15) is 206 Å². The smallest absolute Gasteiger partial charge is 0.370 e. The van der Waals surface area contributed by atoms with Crippen LogP contribution in [0.4, 0.5) is 9.59 Å². The number of hydrogen-bond donors (Lipinski definition) is 0. The van der Waals surface area contributed by atoms with Gasteiger partial charge in [-0.1, -0.05) is 239 Å². The summed E-state index contributed by atoms with van der Waals surface area (Å²) >= 11 is 3.67. The van der Waals surface area contributed by atoms with Gasteiger partial charge in [0.05, 0.1) is 17.4 Å². The number of likely N-dealkylation sites (N-methyl/N-ethyl adjacent to an activating group) is 1. The molecule has 0 spiro atoms. The molecule has 10 amide bonds. The predicted octanol–water partition coefficient (Wildman–Crippen LogP) is 24.3. The van der Waals surface area contributed by atoms with Crippen LogP contribution < -0.4 is 0 Å². The first-order valence-electron chi connectivity index (χ1n) is 35.6. The van der Waals surface area contributed by atoms with Crippen molar-refractivity contribution in [1.82, 2.24) is 19.6 Å². The van der Waals surface area contributed by atoms with Crippen molar-refractivity contribution in [3.63, 3.8) is 0 Å². The maximum Gasteiger partial charge on any atom is 0.370 e. The van der Waals surface area contributed by atoms with Crippen molar-refractivity contribution in [1.29, 1.82) is 0 Å². The van der Waals surface area contributed by atoms with Crippen LogP contribution in [-0.2, 0) is 19.2 Å². The molecule has 1 unspecified atom stereocenters. The summed E-state index contributed by atoms with van der Waals surface area (Å²) in [6, 6.07) is 42.9. The SMILES string of the molecule is CC.CC.CC.CC.CC.CC.CC.CC.CC.CC1CC=CCC1.CN1C(=O)C=CC1=O.CN1C(=O)CCC1=O.CN1C(=O)N=NC1=O.CN1C(=O)c2ccccc2C1=O.Cc1cc2ccccc2o1.Cc1cc2ccccc2s1.Cc1coc2ccccc12.Cc1csc2ccccc12. The van der Waals surface area contributed by atoms with Crippen molar-refractivity contribution in [3.8, 4) is 0 Å². The Morgan fingerprint density at radius 1 is 0.446 bits per heavy atom. The van der Waals surface area contributed by atoms with Crippen molar-refractivity contribution in [2.24, 2.45) is 16.1 Å². The molecule has 1 aliphatic carbocycles. The zero-order valence-electron chi connectivity index (χ0n) is 65.9. The minimum Gasteiger partial charge on any atom is -0.464 e. The Balaban J connectivity index is -0.000000511. The predicted molar refractivity (Wildman–Crippen MR) is 430 cm³/mol. The lowest BCUT2D eigenvalue weighted by Gasteiger charge is -2.09. The van der Waals surface area contributed by atoms with Crippen LogP contribution in [-0.4, -0.2) is 95.3 Å². The molecule has 8 heterocycles. The number of hydrogen-bond acceptors (Lipinski definition) is 12. The van der Waals surface area contributed by atoms with Gasteiger partial charge in [-0.3, -0.25) is 43.5 Å². The lowest BCUT2D eigenvalue weighted by atomic mass is 9.97. The third kappa shape index (κ3) is 35.1. The van der Waals surface area contributed by atoms with Gasteiger partial charge >= 0.3 is 12.1 Å². The minimum atomic E-state index is -0.602. The van der Waals surface area contributed by atoms with Gasteiger partial charge < -0.3 is 8.83 Å². The number of thiophene rings is 2. The lowest BCUT2D eigenvalue weighted by Crippen LogP contribution is -2.24. The Hall–Kier alpha value is -9.26. The second kappa shape index (κ2) is 59.6. The van der Waals surface area contributed by atoms with E-state index in [9.17, 15) is 38.4 Å². The molecule has 4 aliphatic heterocycles. The summed E-state index contributed by atoms with van der Waals surface area (Å²) in [4.78, 5) is 90.4. The van der Waals surface area contributed by atoms with Gasteiger partial charge in [0.2, 0.25) is 11.8 Å². The standard InChI is InChI=1S/C9H7NO2.2C9H8O.2C9H8S.C7H12.C5H7NO2.C5H5NO2.C3H3N3O2.9C2H6/c1-10-8(11)6-4-2-3-5-7(6)9(10)12;1-7-6-10-9-5-3-2-4-8(7)9;1-7-6-8-4-2-3-5-9(8)10-7;1-7-6-10-9-5-3-2-4-8(7)9;1-7-6-8-4-2-3-5-9(8)10-7;1-7-5-3-2-4-6-7;2*1-6-4(7)2-3-5(6)8;1-6-2(7)4-5-3(6)8;9*1-2/h2-5H,1H3;4*2-6H,1H3;2-3,7H,4-6H2,1H3;2-3H2,1H3;2-3H,1H3;1H3;9*1-2H3. The van der Waals surface area contributed by atoms with E-state index in [1.807, 2.05) is 210 Å². The van der Waals surface area contributed by atoms with Crippen LogP contribution in [0.25, 0.3) is 42.1 Å². The normalized spacial score (nSPS) is 13.2. The van der Waals surface area contributed by atoms with Gasteiger partial charge in [-0.25, -0.2) is 14.5 Å². The molecule has 1 fully saturated rings. The number of allylic oxidation sites excluding steroid dienone is 2. The Morgan fingerprint density at radius 2 is 0.881 bits per heavy atom. The Morgan fingerprint density at radius 3 is 1.26 bits per heavy atom. The fourth-order valence-electron chi connectivity index (χ4n) is 8.17. The summed E-state index contributed by atoms with van der Waals surface area (Å²) in [6.45, 7) is 46.6. The Labute approximate surface area is 613 Å². The molecule has 18 heteroatoms. The molecule has 0 bridgehead atoms. The van der Waals surface area contributed by atoms with Crippen molar-refractivity contribution in [2.45, 2.75) is 191 Å². The van der Waals surface area contributed by atoms with Crippen LogP contribution in [0.2, 0.25) is 0 Å². The van der Waals surface area contributed by atoms with Crippen LogP contribution in [0, 0.1) is 33.6 Å². The van der Waals surface area contributed by atoms with Crippen molar-refractivity contribution >= 4 is 112 Å². The number of likely N-dealkylation sites (tertiary alicyclic amines) is 1. The van der Waals surface area contributed by atoms with E-state index in [4.69, 9.17) is 8.83 Å². The summed E-state index contributed by atoms with van der Waals surface area (Å²) in [7, 11) is 5.78. The number of azo groups is 1. The number of fused-ring (bicyclic) bond motifs is 5. The number of carbonyl (C=O) groups excluding carboxylic acids is 8. The first-order chi connectivity index (χ1) is 48.7. The van der Waals surface area contributed by atoms with E-state index < -0.39 is 12.1 Å². The van der Waals surface area contributed by atoms with Crippen LogP contribution >= 0.6 is 22.7 Å². The second-order valence-electron chi connectivity index (χ2n) is 19.5. The van der Waals surface area contributed by atoms with Gasteiger partial charge in [0.1, 0.15) is 16.9 Å². The minimum absolute atomic E-state index is 0.0602. The number of para-hydroxylation sites is 2. The number of aryl methyl sites for hydroxylation is 4. The number of benzene rings is 5. The fourth-order valence-corrected chi connectivity index (χ4v) is 10.0. The highest BCUT2D eigenvalue weighted by Gasteiger charge is 2.32. The summed E-state index contributed by atoms with van der Waals surface area (Å²) in [5.41, 5.74) is 5.55. The van der Waals surface area contributed by atoms with Gasteiger partial charge in [-0.2, -0.15) is 0 Å². The molecule has 5 aromatic carbocycles. The molecule has 554 valence electrons. The van der Waals surface area contributed by atoms with Crippen molar-refractivity contribution < 1.29 is 47.2 Å². The monoisotopic (exact) mass is 1420 g/mol. The molecule has 14 rings (SSSR count). The highest BCUT2D eigenvalue weighted by Crippen LogP contribution is 2.26. The largest absolute Gasteiger partial charge is 0.464 e. The van der Waals surface area contributed by atoms with Crippen LogP contribution in [0.3, 0.4) is 0 Å². The van der Waals surface area contributed by atoms with Crippen molar-refractivity contribution in [3.05, 3.63) is 202 Å². The van der Waals surface area contributed by atoms with Gasteiger partial charge in [0, 0.05) is 78.2 Å². The van der Waals surface area contributed by atoms with E-state index in [1.165, 1.54) is 111 Å². The van der Waals surface area contributed by atoms with E-state index in [-0.39, 0.29) is 35.4 Å². The van der Waals surface area contributed by atoms with E-state index in [0.717, 1.165) is 37.5 Å². The highest BCUT2D eigenvalue weighted by molar-refractivity contribution is 7.19. The zero-order valence-corrected chi connectivity index (χ0v) is 67.5. The van der Waals surface area contributed by atoms with Crippen LogP contribution in [0.15, 0.2) is 188 Å². The number of carbonyl (C=O) groups is 8. The number of rotatable bonds is 0. The van der Waals surface area contributed by atoms with E-state index in [0.29, 0.717) is 24.0 Å². The third-order valence-electron chi connectivity index (χ3n) is 13.1. The molecule has 16 nitrogen and oxygen atoms in total. The zero-order chi connectivity index (χ0) is 78.2. The molecular formula is C83H120N6O10S2. The molecule has 101 heavy (non-hydrogen) atoms. The number of nitrogens with zero attached hydrogens (tertiary/aromatic N) is 6. The van der Waals surface area contributed by atoms with Gasteiger partial charge in [0.25, 0.3) is 23.6 Å². The molecule has 0 N–H and O–H groups in total. The van der Waals surface area contributed by atoms with Gasteiger partial charge in [0.15, 0.2) is 0 Å². The molecule has 5 aliphatic rings. The number of amides is 10. The Bertz CT molecular complexity index is 3520. The summed E-state index contributed by atoms with van der Waals surface area (Å²) in [5, 5.41) is 13.3. The maximum absolute atomic E-state index is 11.3. The molecule has 0 saturated carbocycles. The number of furan rings is 2. The molecule has 1 saturated heterocycles. The third-order valence-corrected chi connectivity index (χ3v) is 15.2. The second-order valence-corrected chi connectivity index (χ2v) is 21.7. The van der Waals surface area contributed by atoms with E-state index in [2.05, 4.69) is 109 Å². The molecule has 0 radical (unpaired) electrons. The maximum atomic E-state index is 11.3. The Kier molecular flexibility index (Phi) is 57.9. The van der Waals surface area contributed by atoms with Gasteiger partial charge in [-0.05, 0) is 129 Å². The molecule has 1 atom stereocenters. The summed E-state index contributed by atoms with van der Waals surface area (Å²) < 4.78 is 13.4. The van der Waals surface area contributed by atoms with E-state index >= 15 is 0 Å². The lowest BCUT2D eigenvalue weighted by molar-refractivity contribution is -0.137. The van der Waals surface area contributed by atoms with Crippen LogP contribution in [0.5, 0.6) is 0 Å². The number of imide groups is 4. The summed E-state index contributed by atoms with van der Waals surface area (Å²) in [5.74, 6) is 0.896. The first-order valence-corrected chi connectivity index (χ1v) is 37.3. The van der Waals surface area contributed by atoms with Gasteiger partial charge in [-0.15, -0.1) is 22.7 Å². The first kappa shape index (κ1) is 98.1.